The van der Waals surface area contributed by atoms with Gasteiger partial charge in [-0.3, -0.25) is 14.4 Å². The Morgan fingerprint density at radius 2 is 1.42 bits per heavy atom. The number of carbonyl (C=O) groups excluding carboxylic acids is 4. The van der Waals surface area contributed by atoms with Crippen LogP contribution in [0.4, 0.5) is 17.1 Å². The molecule has 0 aliphatic carbocycles. The van der Waals surface area contributed by atoms with Gasteiger partial charge in [-0.1, -0.05) is 46.9 Å². The third-order valence-electron chi connectivity index (χ3n) is 5.07. The lowest BCUT2D eigenvalue weighted by Gasteiger charge is -2.16. The van der Waals surface area contributed by atoms with Gasteiger partial charge in [-0.2, -0.15) is 0 Å². The van der Waals surface area contributed by atoms with Crippen LogP contribution in [-0.2, 0) is 14.3 Å². The second-order valence-electron chi connectivity index (χ2n) is 7.49. The average molecular weight is 545 g/mol. The van der Waals surface area contributed by atoms with E-state index in [0.717, 1.165) is 4.90 Å². The molecule has 0 radical (unpaired) electrons. The quantitative estimate of drug-likeness (QED) is 0.315. The van der Waals surface area contributed by atoms with Crippen molar-refractivity contribution in [1.82, 2.24) is 0 Å². The number of nitrogens with one attached hydrogen (secondary N) is 2. The highest BCUT2D eigenvalue weighted by atomic mass is 35.5. The highest BCUT2D eigenvalue weighted by molar-refractivity contribution is 6.53. The maximum absolute atomic E-state index is 13.0. The number of hydrogen-bond donors (Lipinski definition) is 2. The molecule has 1 heterocycles. The van der Waals surface area contributed by atoms with Crippen LogP contribution in [-0.4, -0.2) is 30.8 Å². The lowest BCUT2D eigenvalue weighted by atomic mass is 10.1. The molecule has 0 spiro atoms. The van der Waals surface area contributed by atoms with Crippen molar-refractivity contribution in [3.05, 3.63) is 98.6 Å². The molecule has 0 unspecified atom stereocenters. The zero-order valence-electron chi connectivity index (χ0n) is 18.5. The van der Waals surface area contributed by atoms with E-state index in [1.54, 1.807) is 36.4 Å². The molecule has 11 heteroatoms. The highest BCUT2D eigenvalue weighted by Crippen LogP contribution is 2.33. The molecule has 0 saturated heterocycles. The lowest BCUT2D eigenvalue weighted by molar-refractivity contribution is -0.120. The second-order valence-corrected chi connectivity index (χ2v) is 8.75. The van der Waals surface area contributed by atoms with E-state index in [1.807, 2.05) is 0 Å². The van der Waals surface area contributed by atoms with Crippen LogP contribution < -0.4 is 15.5 Å². The number of nitrogens with zero attached hydrogens (tertiary/aromatic N) is 1. The number of ether oxygens (including phenoxy) is 1. The molecule has 0 bridgehead atoms. The van der Waals surface area contributed by atoms with E-state index in [2.05, 4.69) is 15.4 Å². The fourth-order valence-corrected chi connectivity index (χ4v) is 4.17. The van der Waals surface area contributed by atoms with Crippen molar-refractivity contribution in [2.45, 2.75) is 0 Å². The van der Waals surface area contributed by atoms with Crippen molar-refractivity contribution < 1.29 is 23.9 Å². The Hall–Kier alpha value is -3.85. The molecule has 0 saturated carbocycles. The van der Waals surface area contributed by atoms with Crippen molar-refractivity contribution in [1.29, 1.82) is 0 Å². The number of rotatable bonds is 6. The standard InChI is InChI=1S/C25H16Cl3N3O5/c1-36-25(35)14-5-3-7-18(9-14)30-22(32)13-4-2-6-17(8-13)29-21-20(28)23(33)31(24(21)34)19-11-15(26)10-16(27)12-19/h2-12,29H,1H3,(H,30,32). The third kappa shape index (κ3) is 5.21. The van der Waals surface area contributed by atoms with Crippen molar-refractivity contribution in [3.63, 3.8) is 0 Å². The van der Waals surface area contributed by atoms with E-state index in [1.165, 1.54) is 37.4 Å². The summed E-state index contributed by atoms with van der Waals surface area (Å²) in [6, 6.07) is 16.8. The number of halogens is 3. The van der Waals surface area contributed by atoms with Gasteiger partial charge in [0.1, 0.15) is 10.7 Å². The molecule has 8 nitrogen and oxygen atoms in total. The Morgan fingerprint density at radius 1 is 0.806 bits per heavy atom. The number of anilines is 3. The van der Waals surface area contributed by atoms with Crippen molar-refractivity contribution in [2.24, 2.45) is 0 Å². The van der Waals surface area contributed by atoms with E-state index in [-0.39, 0.29) is 37.6 Å². The van der Waals surface area contributed by atoms with Gasteiger partial charge in [0, 0.05) is 27.0 Å². The molecule has 4 rings (SSSR count). The zero-order valence-corrected chi connectivity index (χ0v) is 20.7. The van der Waals surface area contributed by atoms with Crippen molar-refractivity contribution >= 4 is 75.6 Å². The van der Waals surface area contributed by atoms with E-state index < -0.39 is 23.7 Å². The summed E-state index contributed by atoms with van der Waals surface area (Å²) in [5, 5.41) is 5.67. The lowest BCUT2D eigenvalue weighted by Crippen LogP contribution is -2.32. The van der Waals surface area contributed by atoms with Crippen LogP contribution in [0.25, 0.3) is 0 Å². The number of carbonyl (C=O) groups is 4. The number of benzene rings is 3. The van der Waals surface area contributed by atoms with Crippen LogP contribution in [0.15, 0.2) is 77.5 Å². The number of esters is 1. The minimum Gasteiger partial charge on any atom is -0.465 e. The topological polar surface area (TPSA) is 105 Å². The molecule has 0 aromatic heterocycles. The molecule has 182 valence electrons. The Bertz CT molecular complexity index is 1430. The second kappa shape index (κ2) is 10.4. The van der Waals surface area contributed by atoms with E-state index in [9.17, 15) is 19.2 Å². The Morgan fingerprint density at radius 3 is 2.08 bits per heavy atom. The number of methoxy groups -OCH3 is 1. The molecule has 3 amide bonds. The van der Waals surface area contributed by atoms with Crippen LogP contribution in [0.3, 0.4) is 0 Å². The summed E-state index contributed by atoms with van der Waals surface area (Å²) in [5.74, 6) is -2.46. The molecule has 2 N–H and O–H groups in total. The zero-order chi connectivity index (χ0) is 26.0. The molecule has 0 fully saturated rings. The molecule has 3 aromatic rings. The first-order valence-corrected chi connectivity index (χ1v) is 11.4. The fraction of sp³-hybridized carbons (Fsp3) is 0.0400. The van der Waals surface area contributed by atoms with Crippen LogP contribution in [0.2, 0.25) is 10.0 Å². The van der Waals surface area contributed by atoms with Crippen LogP contribution >= 0.6 is 34.8 Å². The molecular weight excluding hydrogens is 529 g/mol. The van der Waals surface area contributed by atoms with Crippen LogP contribution in [0.1, 0.15) is 20.7 Å². The normalized spacial score (nSPS) is 13.2. The summed E-state index contributed by atoms with van der Waals surface area (Å²) >= 11 is 18.2. The predicted octanol–water partition coefficient (Wildman–Crippen LogP) is 5.47. The Kier molecular flexibility index (Phi) is 7.30. The summed E-state index contributed by atoms with van der Waals surface area (Å²) in [6.07, 6.45) is 0. The summed E-state index contributed by atoms with van der Waals surface area (Å²) in [6.45, 7) is 0. The monoisotopic (exact) mass is 543 g/mol. The van der Waals surface area contributed by atoms with Gasteiger partial charge in [-0.05, 0) is 54.6 Å². The predicted molar refractivity (Wildman–Crippen MR) is 138 cm³/mol. The summed E-state index contributed by atoms with van der Waals surface area (Å²) in [7, 11) is 1.26. The molecule has 3 aromatic carbocycles. The van der Waals surface area contributed by atoms with Gasteiger partial charge in [-0.15, -0.1) is 0 Å². The molecule has 36 heavy (non-hydrogen) atoms. The van der Waals surface area contributed by atoms with Crippen molar-refractivity contribution in [2.75, 3.05) is 22.6 Å². The SMILES string of the molecule is COC(=O)c1cccc(NC(=O)c2cccc(NC3=C(Cl)C(=O)N(c4cc(Cl)cc(Cl)c4)C3=O)c2)c1. The maximum atomic E-state index is 13.0. The van der Waals surface area contributed by atoms with Crippen LogP contribution in [0.5, 0.6) is 0 Å². The first-order valence-electron chi connectivity index (χ1n) is 10.3. The maximum Gasteiger partial charge on any atom is 0.337 e. The largest absolute Gasteiger partial charge is 0.465 e. The third-order valence-corrected chi connectivity index (χ3v) is 5.86. The smallest absolute Gasteiger partial charge is 0.337 e. The van der Waals surface area contributed by atoms with Gasteiger partial charge in [0.25, 0.3) is 17.7 Å². The highest BCUT2D eigenvalue weighted by Gasteiger charge is 2.39. The summed E-state index contributed by atoms with van der Waals surface area (Å²) < 4.78 is 4.69. The van der Waals surface area contributed by atoms with Crippen molar-refractivity contribution in [3.8, 4) is 0 Å². The first-order chi connectivity index (χ1) is 17.2. The van der Waals surface area contributed by atoms with Gasteiger partial charge in [-0.25, -0.2) is 9.69 Å². The first kappa shape index (κ1) is 25.2. The number of amides is 3. The van der Waals surface area contributed by atoms with Gasteiger partial charge >= 0.3 is 5.97 Å². The van der Waals surface area contributed by atoms with Gasteiger partial charge < -0.3 is 15.4 Å². The molecule has 1 aliphatic heterocycles. The van der Waals surface area contributed by atoms with Crippen LogP contribution in [0, 0.1) is 0 Å². The number of imide groups is 1. The molecule has 1 aliphatic rings. The number of hydrogen-bond acceptors (Lipinski definition) is 6. The van der Waals surface area contributed by atoms with E-state index in [0.29, 0.717) is 11.4 Å². The molecule has 0 atom stereocenters. The van der Waals surface area contributed by atoms with Gasteiger partial charge in [0.15, 0.2) is 0 Å². The van der Waals surface area contributed by atoms with E-state index in [4.69, 9.17) is 34.8 Å². The Balaban J connectivity index is 1.53. The minimum absolute atomic E-state index is 0.166. The molecular formula is C25H16Cl3N3O5. The summed E-state index contributed by atoms with van der Waals surface area (Å²) in [5.41, 5.74) is 1.25. The average Bonchev–Trinajstić information content (AvgIpc) is 3.06. The fourth-order valence-electron chi connectivity index (χ4n) is 3.44. The minimum atomic E-state index is -0.748. The van der Waals surface area contributed by atoms with Gasteiger partial charge in [0.05, 0.1) is 18.4 Å². The van der Waals surface area contributed by atoms with E-state index >= 15 is 0 Å². The van der Waals surface area contributed by atoms with Gasteiger partial charge in [0.2, 0.25) is 0 Å². The summed E-state index contributed by atoms with van der Waals surface area (Å²) in [4.78, 5) is 51.1. The Labute approximate surface area is 220 Å².